The number of benzene rings is 2. The van der Waals surface area contributed by atoms with Gasteiger partial charge in [0.1, 0.15) is 0 Å². The van der Waals surface area contributed by atoms with E-state index in [0.717, 1.165) is 11.9 Å². The summed E-state index contributed by atoms with van der Waals surface area (Å²) in [4.78, 5) is 7.65. The molecule has 2 aromatic carbocycles. The molecule has 0 saturated carbocycles. The fourth-order valence-corrected chi connectivity index (χ4v) is 2.74. The van der Waals surface area contributed by atoms with Crippen molar-refractivity contribution in [2.45, 2.75) is 6.42 Å². The molecule has 20 heavy (non-hydrogen) atoms. The number of fused-ring (bicyclic) bond motifs is 2. The van der Waals surface area contributed by atoms with E-state index in [9.17, 15) is 0 Å². The molecule has 96 valence electrons. The normalized spacial score (nSPS) is 11.2. The minimum absolute atomic E-state index is 0.935. The van der Waals surface area contributed by atoms with Gasteiger partial charge in [-0.1, -0.05) is 24.3 Å². The van der Waals surface area contributed by atoms with Gasteiger partial charge in [-0.15, -0.1) is 0 Å². The van der Waals surface area contributed by atoms with E-state index in [1.54, 1.807) is 0 Å². The van der Waals surface area contributed by atoms with Crippen LogP contribution in [-0.4, -0.2) is 9.97 Å². The van der Waals surface area contributed by atoms with Crippen LogP contribution in [0.15, 0.2) is 67.0 Å². The van der Waals surface area contributed by atoms with Crippen LogP contribution in [0.5, 0.6) is 0 Å². The molecule has 0 aliphatic rings. The quantitative estimate of drug-likeness (QED) is 0.570. The van der Waals surface area contributed by atoms with Crippen molar-refractivity contribution >= 4 is 21.8 Å². The summed E-state index contributed by atoms with van der Waals surface area (Å²) >= 11 is 0. The molecule has 2 heterocycles. The Balaban J connectivity index is 1.80. The van der Waals surface area contributed by atoms with Crippen LogP contribution in [0.1, 0.15) is 11.1 Å². The average Bonchev–Trinajstić information content (AvgIpc) is 2.95. The second kappa shape index (κ2) is 4.49. The van der Waals surface area contributed by atoms with Crippen LogP contribution in [0.3, 0.4) is 0 Å². The maximum absolute atomic E-state index is 4.42. The van der Waals surface area contributed by atoms with E-state index in [0.29, 0.717) is 0 Å². The average molecular weight is 258 g/mol. The number of hydrogen-bond acceptors (Lipinski definition) is 1. The van der Waals surface area contributed by atoms with E-state index in [1.165, 1.54) is 27.4 Å². The smallest absolute Gasteiger partial charge is 0.0704 e. The second-order valence-electron chi connectivity index (χ2n) is 5.06. The van der Waals surface area contributed by atoms with Gasteiger partial charge in [0.25, 0.3) is 0 Å². The molecule has 2 nitrogen and oxygen atoms in total. The number of hydrogen-bond donors (Lipinski definition) is 1. The summed E-state index contributed by atoms with van der Waals surface area (Å²) in [5.74, 6) is 0. The van der Waals surface area contributed by atoms with Gasteiger partial charge in [-0.2, -0.15) is 0 Å². The molecule has 0 saturated heterocycles. The third kappa shape index (κ3) is 1.86. The van der Waals surface area contributed by atoms with Gasteiger partial charge in [0.2, 0.25) is 0 Å². The van der Waals surface area contributed by atoms with Gasteiger partial charge in [-0.3, -0.25) is 4.98 Å². The van der Waals surface area contributed by atoms with Crippen molar-refractivity contribution in [2.24, 2.45) is 0 Å². The number of aromatic amines is 1. The van der Waals surface area contributed by atoms with Crippen LogP contribution in [-0.2, 0) is 6.42 Å². The highest BCUT2D eigenvalue weighted by atomic mass is 14.7. The monoisotopic (exact) mass is 258 g/mol. The first-order chi connectivity index (χ1) is 9.90. The van der Waals surface area contributed by atoms with E-state index < -0.39 is 0 Å². The molecule has 2 aromatic heterocycles. The van der Waals surface area contributed by atoms with Gasteiger partial charge >= 0.3 is 0 Å². The number of H-pyrrole nitrogens is 1. The Bertz CT molecular complexity index is 885. The lowest BCUT2D eigenvalue weighted by Gasteiger charge is -2.06. The maximum atomic E-state index is 4.42. The van der Waals surface area contributed by atoms with Crippen LogP contribution < -0.4 is 0 Å². The molecule has 0 aliphatic carbocycles. The summed E-state index contributed by atoms with van der Waals surface area (Å²) in [5, 5.41) is 2.50. The first-order valence-corrected chi connectivity index (χ1v) is 6.79. The van der Waals surface area contributed by atoms with Crippen LogP contribution in [0.25, 0.3) is 21.8 Å². The molecule has 0 aliphatic heterocycles. The highest BCUT2D eigenvalue weighted by Crippen LogP contribution is 2.21. The zero-order valence-corrected chi connectivity index (χ0v) is 11.0. The summed E-state index contributed by atoms with van der Waals surface area (Å²) in [6.07, 6.45) is 4.81. The number of pyridine rings is 1. The SMILES string of the molecule is c1ccc2c(Cc3ccc4[nH]ccc4c3)ccnc2c1. The van der Waals surface area contributed by atoms with Gasteiger partial charge in [0.15, 0.2) is 0 Å². The molecule has 2 heteroatoms. The van der Waals surface area contributed by atoms with Crippen LogP contribution in [0.4, 0.5) is 0 Å². The van der Waals surface area contributed by atoms with E-state index in [1.807, 2.05) is 18.5 Å². The Morgan fingerprint density at radius 1 is 0.950 bits per heavy atom. The summed E-state index contributed by atoms with van der Waals surface area (Å²) in [6.45, 7) is 0. The Hall–Kier alpha value is -2.61. The van der Waals surface area contributed by atoms with Crippen molar-refractivity contribution in [1.29, 1.82) is 0 Å². The molecule has 0 radical (unpaired) electrons. The molecule has 1 N–H and O–H groups in total. The van der Waals surface area contributed by atoms with E-state index in [-0.39, 0.29) is 0 Å². The molecular weight excluding hydrogens is 244 g/mol. The molecule has 4 aromatic rings. The molecule has 0 unspecified atom stereocenters. The summed E-state index contributed by atoms with van der Waals surface area (Å²) in [6, 6.07) is 19.1. The lowest BCUT2D eigenvalue weighted by Crippen LogP contribution is -1.91. The Labute approximate surface area is 117 Å². The van der Waals surface area contributed by atoms with E-state index >= 15 is 0 Å². The molecule has 4 rings (SSSR count). The van der Waals surface area contributed by atoms with E-state index in [2.05, 4.69) is 58.5 Å². The molecule has 0 bridgehead atoms. The summed E-state index contributed by atoms with van der Waals surface area (Å²) in [5.41, 5.74) is 4.90. The highest BCUT2D eigenvalue weighted by molar-refractivity contribution is 5.83. The van der Waals surface area contributed by atoms with Crippen molar-refractivity contribution in [1.82, 2.24) is 9.97 Å². The number of aromatic nitrogens is 2. The fourth-order valence-electron chi connectivity index (χ4n) is 2.74. The third-order valence-electron chi connectivity index (χ3n) is 3.75. The van der Waals surface area contributed by atoms with Crippen molar-refractivity contribution in [3.63, 3.8) is 0 Å². The van der Waals surface area contributed by atoms with Crippen molar-refractivity contribution in [2.75, 3.05) is 0 Å². The van der Waals surface area contributed by atoms with Crippen molar-refractivity contribution in [3.8, 4) is 0 Å². The van der Waals surface area contributed by atoms with Gasteiger partial charge < -0.3 is 4.98 Å². The Morgan fingerprint density at radius 2 is 1.90 bits per heavy atom. The first-order valence-electron chi connectivity index (χ1n) is 6.79. The first kappa shape index (κ1) is 11.2. The number of rotatable bonds is 2. The number of nitrogens with zero attached hydrogens (tertiary/aromatic N) is 1. The van der Waals surface area contributed by atoms with Crippen LogP contribution in [0, 0.1) is 0 Å². The third-order valence-corrected chi connectivity index (χ3v) is 3.75. The molecule has 0 spiro atoms. The predicted molar refractivity (Wildman–Crippen MR) is 82.8 cm³/mol. The Morgan fingerprint density at radius 3 is 2.90 bits per heavy atom. The topological polar surface area (TPSA) is 28.7 Å². The largest absolute Gasteiger partial charge is 0.361 e. The fraction of sp³-hybridized carbons (Fsp3) is 0.0556. The van der Waals surface area contributed by atoms with Gasteiger partial charge in [-0.05, 0) is 53.3 Å². The minimum Gasteiger partial charge on any atom is -0.361 e. The van der Waals surface area contributed by atoms with Gasteiger partial charge in [0.05, 0.1) is 5.52 Å². The lowest BCUT2D eigenvalue weighted by molar-refractivity contribution is 1.20. The van der Waals surface area contributed by atoms with Crippen molar-refractivity contribution in [3.05, 3.63) is 78.1 Å². The molecule has 0 atom stereocenters. The summed E-state index contributed by atoms with van der Waals surface area (Å²) in [7, 11) is 0. The molecular formula is C18H14N2. The Kier molecular flexibility index (Phi) is 2.52. The van der Waals surface area contributed by atoms with Crippen LogP contribution in [0.2, 0.25) is 0 Å². The summed E-state index contributed by atoms with van der Waals surface area (Å²) < 4.78 is 0. The standard InChI is InChI=1S/C18H14N2/c1-2-4-18-16(3-1)14(7-9-20-18)11-13-5-6-17-15(12-13)8-10-19-17/h1-10,12,19H,11H2. The zero-order chi connectivity index (χ0) is 13.4. The zero-order valence-electron chi connectivity index (χ0n) is 11.0. The lowest BCUT2D eigenvalue weighted by atomic mass is 10.0. The number of para-hydroxylation sites is 1. The second-order valence-corrected chi connectivity index (χ2v) is 5.06. The van der Waals surface area contributed by atoms with Gasteiger partial charge in [-0.25, -0.2) is 0 Å². The minimum atomic E-state index is 0.935. The van der Waals surface area contributed by atoms with Crippen LogP contribution >= 0.6 is 0 Å². The van der Waals surface area contributed by atoms with Gasteiger partial charge in [0, 0.05) is 23.3 Å². The van der Waals surface area contributed by atoms with E-state index in [4.69, 9.17) is 0 Å². The molecule has 0 fully saturated rings. The number of nitrogens with one attached hydrogen (secondary N) is 1. The van der Waals surface area contributed by atoms with Crippen molar-refractivity contribution < 1.29 is 0 Å². The maximum Gasteiger partial charge on any atom is 0.0704 e. The predicted octanol–water partition coefficient (Wildman–Crippen LogP) is 4.31. The highest BCUT2D eigenvalue weighted by Gasteiger charge is 2.03. The molecule has 0 amide bonds.